The van der Waals surface area contributed by atoms with Crippen LogP contribution in [0.3, 0.4) is 0 Å². The molecule has 0 saturated heterocycles. The zero-order chi connectivity index (χ0) is 10.1. The first kappa shape index (κ1) is 9.60. The van der Waals surface area contributed by atoms with Crippen LogP contribution < -0.4 is 0 Å². The SMILES string of the molecule is CC(C)(C)c1cc(O)cc(C#N)c1. The first-order valence-electron chi connectivity index (χ1n) is 4.18. The highest BCUT2D eigenvalue weighted by atomic mass is 16.3. The number of hydrogen-bond donors (Lipinski definition) is 1. The second-order valence-electron chi connectivity index (χ2n) is 4.13. The van der Waals surface area contributed by atoms with Gasteiger partial charge in [-0.25, -0.2) is 0 Å². The zero-order valence-corrected chi connectivity index (χ0v) is 8.13. The number of hydrogen-bond acceptors (Lipinski definition) is 2. The van der Waals surface area contributed by atoms with Gasteiger partial charge in [0.1, 0.15) is 5.75 Å². The number of rotatable bonds is 0. The summed E-state index contributed by atoms with van der Waals surface area (Å²) in [7, 11) is 0. The van der Waals surface area contributed by atoms with Crippen LogP contribution in [0.15, 0.2) is 18.2 Å². The highest BCUT2D eigenvalue weighted by Crippen LogP contribution is 2.26. The van der Waals surface area contributed by atoms with Gasteiger partial charge in [0.2, 0.25) is 0 Å². The molecule has 0 heterocycles. The van der Waals surface area contributed by atoms with Crippen LogP contribution in [0.1, 0.15) is 31.9 Å². The van der Waals surface area contributed by atoms with Crippen molar-refractivity contribution in [3.63, 3.8) is 0 Å². The Labute approximate surface area is 78.4 Å². The Morgan fingerprint density at radius 3 is 2.31 bits per heavy atom. The molecule has 13 heavy (non-hydrogen) atoms. The van der Waals surface area contributed by atoms with E-state index in [4.69, 9.17) is 5.26 Å². The van der Waals surface area contributed by atoms with Crippen LogP contribution in [0, 0.1) is 11.3 Å². The monoisotopic (exact) mass is 175 g/mol. The number of benzene rings is 1. The van der Waals surface area contributed by atoms with E-state index in [1.807, 2.05) is 26.8 Å². The van der Waals surface area contributed by atoms with Crippen molar-refractivity contribution < 1.29 is 5.11 Å². The summed E-state index contributed by atoms with van der Waals surface area (Å²) < 4.78 is 0. The molecule has 1 rings (SSSR count). The average molecular weight is 175 g/mol. The Morgan fingerprint density at radius 2 is 1.85 bits per heavy atom. The van der Waals surface area contributed by atoms with Crippen LogP contribution in [-0.2, 0) is 5.41 Å². The molecule has 0 fully saturated rings. The molecule has 0 amide bonds. The van der Waals surface area contributed by atoms with E-state index in [9.17, 15) is 5.11 Å². The fraction of sp³-hybridized carbons (Fsp3) is 0.364. The molecular weight excluding hydrogens is 162 g/mol. The van der Waals surface area contributed by atoms with Gasteiger partial charge < -0.3 is 5.11 Å². The maximum atomic E-state index is 9.34. The number of aromatic hydroxyl groups is 1. The molecule has 0 radical (unpaired) electrons. The Bertz CT molecular complexity index is 355. The quantitative estimate of drug-likeness (QED) is 0.658. The van der Waals surface area contributed by atoms with E-state index in [1.165, 1.54) is 6.07 Å². The van der Waals surface area contributed by atoms with Crippen molar-refractivity contribution in [2.45, 2.75) is 26.2 Å². The highest BCUT2D eigenvalue weighted by molar-refractivity contribution is 5.42. The molecule has 0 aliphatic rings. The lowest BCUT2D eigenvalue weighted by atomic mass is 9.86. The van der Waals surface area contributed by atoms with Gasteiger partial charge in [-0.05, 0) is 29.2 Å². The first-order valence-corrected chi connectivity index (χ1v) is 4.18. The topological polar surface area (TPSA) is 44.0 Å². The largest absolute Gasteiger partial charge is 0.508 e. The van der Waals surface area contributed by atoms with Crippen molar-refractivity contribution in [1.82, 2.24) is 0 Å². The fourth-order valence-electron chi connectivity index (χ4n) is 1.11. The molecule has 0 spiro atoms. The molecule has 0 aliphatic carbocycles. The molecule has 2 nitrogen and oxygen atoms in total. The fourth-order valence-corrected chi connectivity index (χ4v) is 1.11. The Morgan fingerprint density at radius 1 is 1.23 bits per heavy atom. The maximum Gasteiger partial charge on any atom is 0.117 e. The van der Waals surface area contributed by atoms with Gasteiger partial charge >= 0.3 is 0 Å². The van der Waals surface area contributed by atoms with E-state index in [-0.39, 0.29) is 11.2 Å². The van der Waals surface area contributed by atoms with E-state index >= 15 is 0 Å². The first-order chi connectivity index (χ1) is 5.93. The van der Waals surface area contributed by atoms with Gasteiger partial charge in [0.05, 0.1) is 11.6 Å². The molecule has 0 saturated carbocycles. The summed E-state index contributed by atoms with van der Waals surface area (Å²) in [5.74, 6) is 0.156. The molecule has 1 N–H and O–H groups in total. The van der Waals surface area contributed by atoms with Gasteiger partial charge in [0, 0.05) is 0 Å². The Balaban J connectivity index is 3.26. The number of phenolic OH excluding ortho intramolecular Hbond substituents is 1. The van der Waals surface area contributed by atoms with Crippen molar-refractivity contribution in [1.29, 1.82) is 5.26 Å². The van der Waals surface area contributed by atoms with E-state index in [1.54, 1.807) is 12.1 Å². The molecule has 0 atom stereocenters. The maximum absolute atomic E-state index is 9.34. The molecule has 1 aromatic carbocycles. The van der Waals surface area contributed by atoms with Crippen LogP contribution in [0.2, 0.25) is 0 Å². The predicted molar refractivity (Wildman–Crippen MR) is 51.5 cm³/mol. The minimum absolute atomic E-state index is 0.0374. The molecule has 68 valence electrons. The van der Waals surface area contributed by atoms with Crippen molar-refractivity contribution in [3.05, 3.63) is 29.3 Å². The van der Waals surface area contributed by atoms with E-state index in [0.717, 1.165) is 5.56 Å². The lowest BCUT2D eigenvalue weighted by Gasteiger charge is -2.19. The summed E-state index contributed by atoms with van der Waals surface area (Å²) in [6.45, 7) is 6.13. The van der Waals surface area contributed by atoms with Gasteiger partial charge in [0.15, 0.2) is 0 Å². The summed E-state index contributed by atoms with van der Waals surface area (Å²) in [6, 6.07) is 6.99. The normalized spacial score (nSPS) is 10.9. The summed E-state index contributed by atoms with van der Waals surface area (Å²) >= 11 is 0. The number of nitrogens with zero attached hydrogens (tertiary/aromatic N) is 1. The van der Waals surface area contributed by atoms with Gasteiger partial charge in [0.25, 0.3) is 0 Å². The van der Waals surface area contributed by atoms with E-state index in [2.05, 4.69) is 0 Å². The van der Waals surface area contributed by atoms with Crippen molar-refractivity contribution in [3.8, 4) is 11.8 Å². The lowest BCUT2D eigenvalue weighted by molar-refractivity contribution is 0.471. The molecule has 0 aromatic heterocycles. The predicted octanol–water partition coefficient (Wildman–Crippen LogP) is 2.56. The zero-order valence-electron chi connectivity index (χ0n) is 8.13. The summed E-state index contributed by atoms with van der Waals surface area (Å²) in [5, 5.41) is 18.0. The molecule has 2 heteroatoms. The number of nitriles is 1. The van der Waals surface area contributed by atoms with Gasteiger partial charge in [-0.15, -0.1) is 0 Å². The van der Waals surface area contributed by atoms with Crippen molar-refractivity contribution in [2.24, 2.45) is 0 Å². The number of phenols is 1. The molecule has 0 aliphatic heterocycles. The van der Waals surface area contributed by atoms with Crippen molar-refractivity contribution in [2.75, 3.05) is 0 Å². The molecule has 0 bridgehead atoms. The Hall–Kier alpha value is -1.49. The summed E-state index contributed by atoms with van der Waals surface area (Å²) in [4.78, 5) is 0. The van der Waals surface area contributed by atoms with Crippen molar-refractivity contribution >= 4 is 0 Å². The lowest BCUT2D eigenvalue weighted by Crippen LogP contribution is -2.10. The third-order valence-corrected chi connectivity index (χ3v) is 1.91. The standard InChI is InChI=1S/C11H13NO/c1-11(2,3)9-4-8(7-12)5-10(13)6-9/h4-6,13H,1-3H3. The van der Waals surface area contributed by atoms with Gasteiger partial charge in [-0.3, -0.25) is 0 Å². The van der Waals surface area contributed by atoms with Crippen LogP contribution in [0.5, 0.6) is 5.75 Å². The second-order valence-corrected chi connectivity index (χ2v) is 4.13. The van der Waals surface area contributed by atoms with Gasteiger partial charge in [-0.2, -0.15) is 5.26 Å². The molecule has 1 aromatic rings. The van der Waals surface area contributed by atoms with Crippen LogP contribution in [0.4, 0.5) is 0 Å². The second kappa shape index (κ2) is 3.10. The third-order valence-electron chi connectivity index (χ3n) is 1.91. The third kappa shape index (κ3) is 2.22. The van der Waals surface area contributed by atoms with E-state index in [0.29, 0.717) is 5.56 Å². The minimum atomic E-state index is -0.0374. The Kier molecular flexibility index (Phi) is 2.29. The average Bonchev–Trinajstić information content (AvgIpc) is 2.01. The summed E-state index contributed by atoms with van der Waals surface area (Å²) in [6.07, 6.45) is 0. The smallest absolute Gasteiger partial charge is 0.117 e. The van der Waals surface area contributed by atoms with Crippen LogP contribution >= 0.6 is 0 Å². The molecule has 0 unspecified atom stereocenters. The summed E-state index contributed by atoms with van der Waals surface area (Å²) in [5.41, 5.74) is 1.44. The highest BCUT2D eigenvalue weighted by Gasteiger charge is 2.14. The molecular formula is C11H13NO. The minimum Gasteiger partial charge on any atom is -0.508 e. The van der Waals surface area contributed by atoms with Gasteiger partial charge in [-0.1, -0.05) is 20.8 Å². The van der Waals surface area contributed by atoms with E-state index < -0.39 is 0 Å². The van der Waals surface area contributed by atoms with Crippen LogP contribution in [-0.4, -0.2) is 5.11 Å². The van der Waals surface area contributed by atoms with Crippen LogP contribution in [0.25, 0.3) is 0 Å².